The Labute approximate surface area is 112 Å². The van der Waals surface area contributed by atoms with E-state index in [1.54, 1.807) is 0 Å². The molecule has 0 bridgehead atoms. The molecule has 3 nitrogen and oxygen atoms in total. The Kier molecular flexibility index (Phi) is 7.80. The molecule has 1 aliphatic carbocycles. The fourth-order valence-corrected chi connectivity index (χ4v) is 2.25. The largest absolute Gasteiger partial charge is 0.356 e. The SMILES string of the molecule is CNCCC(=O)NCC1CCC(C)(C)CC1.Cl. The average Bonchev–Trinajstić information content (AvgIpc) is 2.25. The number of carbonyl (C=O) groups excluding carboxylic acids is 1. The molecule has 0 heterocycles. The van der Waals surface area contributed by atoms with Gasteiger partial charge in [-0.2, -0.15) is 0 Å². The van der Waals surface area contributed by atoms with E-state index in [1.165, 1.54) is 25.7 Å². The number of nitrogens with one attached hydrogen (secondary N) is 2. The molecule has 1 saturated carbocycles. The van der Waals surface area contributed by atoms with E-state index in [4.69, 9.17) is 0 Å². The molecule has 1 aliphatic rings. The molecule has 1 fully saturated rings. The maximum Gasteiger partial charge on any atom is 0.221 e. The minimum Gasteiger partial charge on any atom is -0.356 e. The summed E-state index contributed by atoms with van der Waals surface area (Å²) in [5, 5.41) is 6.02. The van der Waals surface area contributed by atoms with Gasteiger partial charge in [-0.1, -0.05) is 13.8 Å². The van der Waals surface area contributed by atoms with E-state index in [0.29, 0.717) is 17.8 Å². The van der Waals surface area contributed by atoms with Gasteiger partial charge in [0.1, 0.15) is 0 Å². The molecule has 0 unspecified atom stereocenters. The number of rotatable bonds is 5. The molecule has 0 spiro atoms. The van der Waals surface area contributed by atoms with Crippen molar-refractivity contribution in [1.82, 2.24) is 10.6 Å². The highest BCUT2D eigenvalue weighted by Crippen LogP contribution is 2.37. The van der Waals surface area contributed by atoms with Crippen molar-refractivity contribution >= 4 is 18.3 Å². The van der Waals surface area contributed by atoms with Gasteiger partial charge in [0.2, 0.25) is 5.91 Å². The first kappa shape index (κ1) is 16.7. The Balaban J connectivity index is 0.00000256. The molecule has 102 valence electrons. The summed E-state index contributed by atoms with van der Waals surface area (Å²) in [5.41, 5.74) is 0.520. The number of amides is 1. The summed E-state index contributed by atoms with van der Waals surface area (Å²) in [6.07, 6.45) is 5.71. The molecular formula is C13H27ClN2O. The topological polar surface area (TPSA) is 41.1 Å². The third-order valence-corrected chi connectivity index (χ3v) is 3.65. The minimum absolute atomic E-state index is 0. The number of hydrogen-bond acceptors (Lipinski definition) is 2. The molecule has 17 heavy (non-hydrogen) atoms. The van der Waals surface area contributed by atoms with Crippen LogP contribution in [0.2, 0.25) is 0 Å². The van der Waals surface area contributed by atoms with Crippen LogP contribution in [0.25, 0.3) is 0 Å². The fraction of sp³-hybridized carbons (Fsp3) is 0.923. The zero-order valence-electron chi connectivity index (χ0n) is 11.3. The van der Waals surface area contributed by atoms with Crippen LogP contribution in [0, 0.1) is 11.3 Å². The monoisotopic (exact) mass is 262 g/mol. The highest BCUT2D eigenvalue weighted by molar-refractivity contribution is 5.85. The molecule has 0 aromatic rings. The van der Waals surface area contributed by atoms with E-state index < -0.39 is 0 Å². The van der Waals surface area contributed by atoms with Crippen LogP contribution in [-0.2, 0) is 4.79 Å². The smallest absolute Gasteiger partial charge is 0.221 e. The fourth-order valence-electron chi connectivity index (χ4n) is 2.25. The van der Waals surface area contributed by atoms with Gasteiger partial charge in [0, 0.05) is 19.5 Å². The number of carbonyl (C=O) groups is 1. The summed E-state index contributed by atoms with van der Waals surface area (Å²) in [6.45, 7) is 6.32. The van der Waals surface area contributed by atoms with Crippen molar-refractivity contribution in [3.05, 3.63) is 0 Å². The first-order valence-corrected chi connectivity index (χ1v) is 6.45. The van der Waals surface area contributed by atoms with Crippen molar-refractivity contribution in [2.45, 2.75) is 46.0 Å². The Hall–Kier alpha value is -0.280. The van der Waals surface area contributed by atoms with Gasteiger partial charge < -0.3 is 10.6 Å². The lowest BCUT2D eigenvalue weighted by molar-refractivity contribution is -0.121. The summed E-state index contributed by atoms with van der Waals surface area (Å²) >= 11 is 0. The molecule has 4 heteroatoms. The van der Waals surface area contributed by atoms with E-state index in [1.807, 2.05) is 7.05 Å². The zero-order valence-corrected chi connectivity index (χ0v) is 12.2. The van der Waals surface area contributed by atoms with Gasteiger partial charge in [-0.05, 0) is 44.1 Å². The van der Waals surface area contributed by atoms with Crippen molar-refractivity contribution in [3.8, 4) is 0 Å². The second-order valence-electron chi connectivity index (χ2n) is 5.77. The van der Waals surface area contributed by atoms with Gasteiger partial charge in [0.25, 0.3) is 0 Å². The Bertz CT molecular complexity index is 221. The van der Waals surface area contributed by atoms with Crippen molar-refractivity contribution in [3.63, 3.8) is 0 Å². The Morgan fingerprint density at radius 3 is 2.41 bits per heavy atom. The standard InChI is InChI=1S/C13H26N2O.ClH/c1-13(2)7-4-11(5-8-13)10-15-12(16)6-9-14-3;/h11,14H,4-10H2,1-3H3,(H,15,16);1H. The van der Waals surface area contributed by atoms with E-state index >= 15 is 0 Å². The molecule has 0 aliphatic heterocycles. The van der Waals surface area contributed by atoms with Crippen molar-refractivity contribution in [2.24, 2.45) is 11.3 Å². The summed E-state index contributed by atoms with van der Waals surface area (Å²) in [4.78, 5) is 11.4. The lowest BCUT2D eigenvalue weighted by Gasteiger charge is -2.34. The van der Waals surface area contributed by atoms with Crippen LogP contribution in [0.3, 0.4) is 0 Å². The van der Waals surface area contributed by atoms with Gasteiger partial charge in [-0.25, -0.2) is 0 Å². The highest BCUT2D eigenvalue weighted by atomic mass is 35.5. The molecule has 0 saturated heterocycles. The summed E-state index contributed by atoms with van der Waals surface area (Å²) in [6, 6.07) is 0. The van der Waals surface area contributed by atoms with Crippen molar-refractivity contribution < 1.29 is 4.79 Å². The third kappa shape index (κ3) is 6.89. The summed E-state index contributed by atoms with van der Waals surface area (Å²) in [5.74, 6) is 0.880. The van der Waals surface area contributed by atoms with Crippen LogP contribution in [0.4, 0.5) is 0 Å². The van der Waals surface area contributed by atoms with E-state index in [-0.39, 0.29) is 18.3 Å². The van der Waals surface area contributed by atoms with Gasteiger partial charge >= 0.3 is 0 Å². The summed E-state index contributed by atoms with van der Waals surface area (Å²) < 4.78 is 0. The first-order chi connectivity index (χ1) is 7.53. The molecule has 1 rings (SSSR count). The number of halogens is 1. The second kappa shape index (κ2) is 7.93. The molecule has 0 radical (unpaired) electrons. The normalized spacial score (nSPS) is 19.5. The average molecular weight is 263 g/mol. The maximum atomic E-state index is 11.4. The first-order valence-electron chi connectivity index (χ1n) is 6.45. The third-order valence-electron chi connectivity index (χ3n) is 3.65. The highest BCUT2D eigenvalue weighted by Gasteiger charge is 2.26. The van der Waals surface area contributed by atoms with Crippen molar-refractivity contribution in [1.29, 1.82) is 0 Å². The molecule has 0 aromatic carbocycles. The predicted molar refractivity (Wildman–Crippen MR) is 74.5 cm³/mol. The number of hydrogen-bond donors (Lipinski definition) is 2. The summed E-state index contributed by atoms with van der Waals surface area (Å²) in [7, 11) is 1.87. The van der Waals surface area contributed by atoms with Gasteiger partial charge in [0.05, 0.1) is 0 Å². The van der Waals surface area contributed by atoms with Gasteiger partial charge in [-0.15, -0.1) is 12.4 Å². The van der Waals surface area contributed by atoms with Crippen LogP contribution >= 0.6 is 12.4 Å². The lowest BCUT2D eigenvalue weighted by Crippen LogP contribution is -2.33. The van der Waals surface area contributed by atoms with Crippen LogP contribution in [-0.4, -0.2) is 26.0 Å². The second-order valence-corrected chi connectivity index (χ2v) is 5.77. The molecule has 1 amide bonds. The Morgan fingerprint density at radius 1 is 1.29 bits per heavy atom. The van der Waals surface area contributed by atoms with E-state index in [9.17, 15) is 4.79 Å². The lowest BCUT2D eigenvalue weighted by atomic mass is 9.73. The van der Waals surface area contributed by atoms with Crippen LogP contribution in [0.5, 0.6) is 0 Å². The van der Waals surface area contributed by atoms with Crippen molar-refractivity contribution in [2.75, 3.05) is 20.1 Å². The molecular weight excluding hydrogens is 236 g/mol. The minimum atomic E-state index is 0. The van der Waals surface area contributed by atoms with Crippen LogP contribution in [0.1, 0.15) is 46.0 Å². The van der Waals surface area contributed by atoms with Gasteiger partial charge in [-0.3, -0.25) is 4.79 Å². The van der Waals surface area contributed by atoms with Crippen LogP contribution < -0.4 is 10.6 Å². The van der Waals surface area contributed by atoms with Gasteiger partial charge in [0.15, 0.2) is 0 Å². The molecule has 2 N–H and O–H groups in total. The van der Waals surface area contributed by atoms with Crippen LogP contribution in [0.15, 0.2) is 0 Å². The molecule has 0 aromatic heterocycles. The maximum absolute atomic E-state index is 11.4. The molecule has 0 atom stereocenters. The Morgan fingerprint density at radius 2 is 1.88 bits per heavy atom. The zero-order chi connectivity index (χ0) is 12.0. The van der Waals surface area contributed by atoms with E-state index in [0.717, 1.165) is 13.1 Å². The quantitative estimate of drug-likeness (QED) is 0.799. The van der Waals surface area contributed by atoms with E-state index in [2.05, 4.69) is 24.5 Å². The predicted octanol–water partition coefficient (Wildman–Crippen LogP) is 2.35.